The van der Waals surface area contributed by atoms with Gasteiger partial charge in [0.2, 0.25) is 0 Å². The van der Waals surface area contributed by atoms with Gasteiger partial charge in [-0.15, -0.1) is 0 Å². The van der Waals surface area contributed by atoms with E-state index in [1.165, 1.54) is 0 Å². The number of ketones is 1. The van der Waals surface area contributed by atoms with Crippen LogP contribution in [0.3, 0.4) is 0 Å². The molecular weight excluding hydrogens is 364 g/mol. The highest BCUT2D eigenvalue weighted by Gasteiger charge is 2.31. The van der Waals surface area contributed by atoms with Crippen LogP contribution in [-0.2, 0) is 16.0 Å². The normalized spacial score (nSPS) is 18.6. The van der Waals surface area contributed by atoms with Gasteiger partial charge in [0.25, 0.3) is 0 Å². The summed E-state index contributed by atoms with van der Waals surface area (Å²) in [6.07, 6.45) is 9.27. The minimum Gasteiger partial charge on any atom is -0.378 e. The number of Topliss-reactive ketones (excluding diaryl/α,β-unsaturated/α-hetero) is 1. The van der Waals surface area contributed by atoms with Crippen molar-refractivity contribution in [2.75, 3.05) is 26.3 Å². The lowest BCUT2D eigenvalue weighted by Crippen LogP contribution is -2.52. The van der Waals surface area contributed by atoms with Crippen LogP contribution >= 0.6 is 0 Å². The monoisotopic (exact) mass is 388 g/mol. The Kier molecular flexibility index (Phi) is 5.04. The number of aromatic nitrogens is 3. The second kappa shape index (κ2) is 7.97. The number of hydrogen-bond donors (Lipinski definition) is 0. The van der Waals surface area contributed by atoms with E-state index < -0.39 is 0 Å². The van der Waals surface area contributed by atoms with Gasteiger partial charge in [-0.1, -0.05) is 12.1 Å². The molecule has 0 saturated carbocycles. The lowest BCUT2D eigenvalue weighted by Gasteiger charge is -2.41. The number of ether oxygens (including phenoxy) is 1. The molecule has 0 atom stereocenters. The van der Waals surface area contributed by atoms with Gasteiger partial charge in [-0.2, -0.15) is 0 Å². The zero-order valence-corrected chi connectivity index (χ0v) is 16.3. The summed E-state index contributed by atoms with van der Waals surface area (Å²) in [5.74, 6) is 0.460. The molecule has 148 valence electrons. The highest BCUT2D eigenvalue weighted by atomic mass is 16.5. The third kappa shape index (κ3) is 3.91. The molecule has 0 amide bonds. The number of nitrogens with zero attached hydrogens (tertiary/aromatic N) is 4. The van der Waals surface area contributed by atoms with E-state index in [9.17, 15) is 4.79 Å². The van der Waals surface area contributed by atoms with Crippen molar-refractivity contribution in [2.24, 2.45) is 5.92 Å². The predicted octanol–water partition coefficient (Wildman–Crippen LogP) is 2.91. The van der Waals surface area contributed by atoms with Crippen LogP contribution in [0.15, 0.2) is 49.1 Å². The Morgan fingerprint density at radius 1 is 1.03 bits per heavy atom. The fourth-order valence-corrected chi connectivity index (χ4v) is 4.23. The van der Waals surface area contributed by atoms with Crippen LogP contribution in [0.25, 0.3) is 22.0 Å². The largest absolute Gasteiger partial charge is 0.378 e. The first-order valence-corrected chi connectivity index (χ1v) is 10.3. The maximum absolute atomic E-state index is 12.9. The van der Waals surface area contributed by atoms with Crippen molar-refractivity contribution < 1.29 is 9.53 Å². The van der Waals surface area contributed by atoms with Crippen molar-refractivity contribution in [1.29, 1.82) is 0 Å². The lowest BCUT2D eigenvalue weighted by molar-refractivity contribution is -0.125. The van der Waals surface area contributed by atoms with Gasteiger partial charge in [-0.05, 0) is 43.5 Å². The first-order chi connectivity index (χ1) is 14.3. The predicted molar refractivity (Wildman–Crippen MR) is 110 cm³/mol. The molecule has 3 aromatic rings. The molecule has 2 saturated heterocycles. The smallest absolute Gasteiger partial charge is 0.142 e. The number of hydrogen-bond acceptors (Lipinski definition) is 6. The number of benzene rings is 1. The number of carbonyl (C=O) groups is 1. The average Bonchev–Trinajstić information content (AvgIpc) is 2.73. The van der Waals surface area contributed by atoms with E-state index in [1.54, 1.807) is 18.6 Å². The summed E-state index contributed by atoms with van der Waals surface area (Å²) in [6.45, 7) is 3.68. The Labute approximate surface area is 170 Å². The number of rotatable bonds is 5. The maximum atomic E-state index is 12.9. The average molecular weight is 388 g/mol. The molecule has 0 spiro atoms. The Balaban J connectivity index is 1.28. The summed E-state index contributed by atoms with van der Waals surface area (Å²) in [7, 11) is 0. The Morgan fingerprint density at radius 3 is 2.62 bits per heavy atom. The second-order valence-electron chi connectivity index (χ2n) is 7.97. The molecule has 0 aliphatic carbocycles. The number of pyridine rings is 1. The molecule has 0 radical (unpaired) electrons. The summed E-state index contributed by atoms with van der Waals surface area (Å²) in [6, 6.07) is 8.76. The van der Waals surface area contributed by atoms with E-state index in [0.29, 0.717) is 18.2 Å². The number of likely N-dealkylation sites (tertiary alicyclic amines) is 1. The number of carbonyl (C=O) groups excluding carboxylic acids is 1. The first-order valence-electron chi connectivity index (χ1n) is 10.3. The lowest BCUT2D eigenvalue weighted by atomic mass is 9.89. The van der Waals surface area contributed by atoms with Crippen LogP contribution in [0.2, 0.25) is 0 Å². The molecule has 2 aliphatic rings. The van der Waals surface area contributed by atoms with Gasteiger partial charge in [0.15, 0.2) is 0 Å². The van der Waals surface area contributed by atoms with Crippen molar-refractivity contribution in [3.8, 4) is 11.3 Å². The molecule has 2 fully saturated rings. The molecular formula is C23H24N4O2. The maximum Gasteiger partial charge on any atom is 0.142 e. The topological polar surface area (TPSA) is 68.2 Å². The van der Waals surface area contributed by atoms with Gasteiger partial charge in [-0.3, -0.25) is 24.6 Å². The third-order valence-corrected chi connectivity index (χ3v) is 6.11. The fraction of sp³-hybridized carbons (Fsp3) is 0.391. The summed E-state index contributed by atoms with van der Waals surface area (Å²) in [4.78, 5) is 28.4. The summed E-state index contributed by atoms with van der Waals surface area (Å²) >= 11 is 0. The summed E-state index contributed by atoms with van der Waals surface area (Å²) < 4.78 is 5.29. The molecule has 5 rings (SSSR count). The van der Waals surface area contributed by atoms with Crippen molar-refractivity contribution in [3.63, 3.8) is 0 Å². The van der Waals surface area contributed by atoms with E-state index in [4.69, 9.17) is 4.74 Å². The van der Waals surface area contributed by atoms with Crippen LogP contribution in [0.1, 0.15) is 18.5 Å². The molecule has 1 aromatic carbocycles. The van der Waals surface area contributed by atoms with Crippen LogP contribution in [0.5, 0.6) is 0 Å². The standard InChI is InChI=1S/C23H24N4O2/c28-23(16-3-7-27(8-4-16)21-14-29-15-21)11-20-10-19-9-17(1-2-18(19)12-26-20)22-13-24-5-6-25-22/h1-2,5-6,9-10,12-13,16,21H,3-4,7-8,11,14-15H2. The molecule has 29 heavy (non-hydrogen) atoms. The fourth-order valence-electron chi connectivity index (χ4n) is 4.23. The van der Waals surface area contributed by atoms with Gasteiger partial charge in [0.1, 0.15) is 5.78 Å². The molecule has 0 bridgehead atoms. The Hall–Kier alpha value is -2.70. The van der Waals surface area contributed by atoms with Gasteiger partial charge in [0, 0.05) is 47.6 Å². The zero-order valence-electron chi connectivity index (χ0n) is 16.3. The highest BCUT2D eigenvalue weighted by molar-refractivity contribution is 5.88. The Morgan fingerprint density at radius 2 is 1.90 bits per heavy atom. The zero-order chi connectivity index (χ0) is 19.6. The van der Waals surface area contributed by atoms with Crippen molar-refractivity contribution in [2.45, 2.75) is 25.3 Å². The second-order valence-corrected chi connectivity index (χ2v) is 7.97. The highest BCUT2D eigenvalue weighted by Crippen LogP contribution is 2.25. The minimum absolute atomic E-state index is 0.149. The number of piperidine rings is 1. The van der Waals surface area contributed by atoms with Gasteiger partial charge >= 0.3 is 0 Å². The van der Waals surface area contributed by atoms with Gasteiger partial charge in [0.05, 0.1) is 31.1 Å². The molecule has 6 nitrogen and oxygen atoms in total. The van der Waals surface area contributed by atoms with Crippen LogP contribution < -0.4 is 0 Å². The minimum atomic E-state index is 0.149. The van der Waals surface area contributed by atoms with E-state index in [0.717, 1.165) is 66.9 Å². The van der Waals surface area contributed by atoms with E-state index in [1.807, 2.05) is 24.4 Å². The van der Waals surface area contributed by atoms with Crippen molar-refractivity contribution >= 4 is 16.6 Å². The Bertz CT molecular complexity index is 1010. The van der Waals surface area contributed by atoms with Crippen LogP contribution in [-0.4, -0.2) is 58.0 Å². The molecule has 2 aliphatic heterocycles. The van der Waals surface area contributed by atoms with Crippen LogP contribution in [0, 0.1) is 5.92 Å². The van der Waals surface area contributed by atoms with Crippen molar-refractivity contribution in [1.82, 2.24) is 19.9 Å². The van der Waals surface area contributed by atoms with Gasteiger partial charge in [-0.25, -0.2) is 0 Å². The third-order valence-electron chi connectivity index (χ3n) is 6.11. The van der Waals surface area contributed by atoms with E-state index in [2.05, 4.69) is 25.9 Å². The summed E-state index contributed by atoms with van der Waals surface area (Å²) in [5, 5.41) is 2.13. The number of fused-ring (bicyclic) bond motifs is 1. The van der Waals surface area contributed by atoms with Gasteiger partial charge < -0.3 is 4.74 Å². The van der Waals surface area contributed by atoms with Crippen molar-refractivity contribution in [3.05, 3.63) is 54.7 Å². The first kappa shape index (κ1) is 18.3. The van der Waals surface area contributed by atoms with E-state index >= 15 is 0 Å². The molecule has 4 heterocycles. The summed E-state index contributed by atoms with van der Waals surface area (Å²) in [5.41, 5.74) is 2.70. The molecule has 2 aromatic heterocycles. The molecule has 0 unspecified atom stereocenters. The molecule has 0 N–H and O–H groups in total. The molecule has 6 heteroatoms. The van der Waals surface area contributed by atoms with E-state index in [-0.39, 0.29) is 5.92 Å². The SMILES string of the molecule is O=C(Cc1cc2cc(-c3cnccn3)ccc2cn1)C1CCN(C2COC2)CC1. The quantitative estimate of drug-likeness (QED) is 0.669. The van der Waals surface area contributed by atoms with Crippen LogP contribution in [0.4, 0.5) is 0 Å².